The molecule has 0 aromatic rings. The fourth-order valence-corrected chi connectivity index (χ4v) is 1.65. The Morgan fingerprint density at radius 2 is 1.37 bits per heavy atom. The van der Waals surface area contributed by atoms with E-state index in [4.69, 9.17) is 17.2 Å². The number of hydrogen-bond acceptors (Lipinski definition) is 7. The van der Waals surface area contributed by atoms with Crippen LogP contribution in [0.3, 0.4) is 0 Å². The van der Waals surface area contributed by atoms with Crippen molar-refractivity contribution in [3.63, 3.8) is 0 Å². The molecule has 0 bridgehead atoms. The van der Waals surface area contributed by atoms with E-state index in [1.54, 1.807) is 0 Å². The topological polar surface area (TPSA) is 117 Å². The van der Waals surface area contributed by atoms with E-state index in [-0.39, 0.29) is 0 Å². The van der Waals surface area contributed by atoms with E-state index in [1.807, 2.05) is 0 Å². The van der Waals surface area contributed by atoms with Crippen LogP contribution in [0.4, 0.5) is 0 Å². The number of nitrogens with zero attached hydrogens (tertiary/aromatic N) is 1. The minimum absolute atomic E-state index is 0.682. The maximum Gasteiger partial charge on any atom is 0.0256 e. The normalized spacial score (nSPS) is 11.4. The van der Waals surface area contributed by atoms with Gasteiger partial charge >= 0.3 is 0 Å². The van der Waals surface area contributed by atoms with E-state index in [0.717, 1.165) is 71.7 Å². The zero-order valence-corrected chi connectivity index (χ0v) is 12.2. The summed E-state index contributed by atoms with van der Waals surface area (Å²) in [4.78, 5) is 0. The first-order chi connectivity index (χ1) is 9.35. The van der Waals surface area contributed by atoms with Crippen molar-refractivity contribution < 1.29 is 0 Å². The van der Waals surface area contributed by atoms with Crippen LogP contribution in [0.25, 0.3) is 0 Å². The van der Waals surface area contributed by atoms with Gasteiger partial charge < -0.3 is 27.8 Å². The number of rotatable bonds is 15. The first-order valence-corrected chi connectivity index (χ1v) is 7.35. The minimum atomic E-state index is 0.682. The molecule has 0 unspecified atom stereocenters. The largest absolute Gasteiger partial charge is 0.330 e. The summed E-state index contributed by atoms with van der Waals surface area (Å²) in [6.07, 6.45) is 2.03. The summed E-state index contributed by atoms with van der Waals surface area (Å²) in [5, 5.41) is 8.87. The molecular weight excluding hydrogens is 242 g/mol. The van der Waals surface area contributed by atoms with E-state index < -0.39 is 0 Å². The van der Waals surface area contributed by atoms with Gasteiger partial charge in [-0.15, -0.1) is 0 Å². The summed E-state index contributed by atoms with van der Waals surface area (Å²) >= 11 is 0. The van der Waals surface area contributed by atoms with Crippen molar-refractivity contribution >= 4 is 0 Å². The average Bonchev–Trinajstić information content (AvgIpc) is 2.43. The van der Waals surface area contributed by atoms with Crippen LogP contribution in [-0.4, -0.2) is 70.5 Å². The molecule has 116 valence electrons. The molecule has 0 aliphatic rings. The molecule has 0 amide bonds. The van der Waals surface area contributed by atoms with Crippen LogP contribution in [0.2, 0.25) is 0 Å². The van der Waals surface area contributed by atoms with E-state index in [2.05, 4.69) is 21.1 Å². The first kappa shape index (κ1) is 18.7. The Labute approximate surface area is 117 Å². The molecule has 0 radical (unpaired) electrons. The number of nitrogens with two attached hydrogens (primary N) is 3. The zero-order chi connectivity index (χ0) is 14.2. The molecule has 0 fully saturated rings. The lowest BCUT2D eigenvalue weighted by Gasteiger charge is -2.23. The van der Waals surface area contributed by atoms with Gasteiger partial charge in [-0.2, -0.15) is 0 Å². The average molecular weight is 275 g/mol. The Hall–Kier alpha value is -0.280. The zero-order valence-electron chi connectivity index (χ0n) is 12.2. The third-order valence-electron chi connectivity index (χ3n) is 2.71. The van der Waals surface area contributed by atoms with Crippen molar-refractivity contribution in [2.24, 2.45) is 17.2 Å². The Bertz CT molecular complexity index is 154. The lowest BCUT2D eigenvalue weighted by Crippen LogP contribution is -2.46. The molecule has 0 aromatic heterocycles. The lowest BCUT2D eigenvalue weighted by atomic mass is 10.4. The minimum Gasteiger partial charge on any atom is -0.330 e. The second kappa shape index (κ2) is 15.8. The highest BCUT2D eigenvalue weighted by Gasteiger charge is 2.02. The molecule has 0 spiro atoms. The van der Waals surface area contributed by atoms with E-state index in [9.17, 15) is 0 Å². The third kappa shape index (κ3) is 13.9. The summed E-state index contributed by atoms with van der Waals surface area (Å²) in [6, 6.07) is 0. The molecule has 0 aliphatic heterocycles. The number of hydrazine groups is 1. The van der Waals surface area contributed by atoms with Crippen LogP contribution in [0.1, 0.15) is 12.8 Å². The van der Waals surface area contributed by atoms with Gasteiger partial charge in [0.15, 0.2) is 0 Å². The van der Waals surface area contributed by atoms with Crippen LogP contribution in [0, 0.1) is 0 Å². The van der Waals surface area contributed by atoms with Crippen LogP contribution in [0.5, 0.6) is 0 Å². The van der Waals surface area contributed by atoms with Crippen LogP contribution in [-0.2, 0) is 0 Å². The van der Waals surface area contributed by atoms with Crippen LogP contribution in [0.15, 0.2) is 0 Å². The Morgan fingerprint density at radius 1 is 0.632 bits per heavy atom. The second-order valence-electron chi connectivity index (χ2n) is 4.47. The Kier molecular flexibility index (Phi) is 15.5. The van der Waals surface area contributed by atoms with Gasteiger partial charge in [0.1, 0.15) is 0 Å². The molecule has 0 saturated carbocycles. The van der Waals surface area contributed by atoms with Crippen LogP contribution < -0.4 is 33.3 Å². The van der Waals surface area contributed by atoms with Crippen molar-refractivity contribution in [3.8, 4) is 0 Å². The molecule has 0 atom stereocenters. The highest BCUT2D eigenvalue weighted by molar-refractivity contribution is 4.58. The fraction of sp³-hybridized carbons (Fsp3) is 1.00. The summed E-state index contributed by atoms with van der Waals surface area (Å²) in [7, 11) is 0. The van der Waals surface area contributed by atoms with Gasteiger partial charge in [0.05, 0.1) is 0 Å². The van der Waals surface area contributed by atoms with Crippen molar-refractivity contribution in [3.05, 3.63) is 0 Å². The van der Waals surface area contributed by atoms with Gasteiger partial charge in [-0.1, -0.05) is 0 Å². The monoisotopic (exact) mass is 275 g/mol. The molecule has 7 nitrogen and oxygen atoms in total. The molecule has 0 aromatic carbocycles. The Balaban J connectivity index is 3.57. The quantitative estimate of drug-likeness (QED) is 0.146. The highest BCUT2D eigenvalue weighted by Crippen LogP contribution is 1.85. The van der Waals surface area contributed by atoms with Gasteiger partial charge in [0.25, 0.3) is 0 Å². The Morgan fingerprint density at radius 3 is 2.05 bits per heavy atom. The van der Waals surface area contributed by atoms with E-state index in [1.165, 1.54) is 0 Å². The molecular formula is C12H33N7. The van der Waals surface area contributed by atoms with Crippen molar-refractivity contribution in [2.75, 3.05) is 65.4 Å². The maximum absolute atomic E-state index is 5.56. The van der Waals surface area contributed by atoms with Gasteiger partial charge in [-0.25, -0.2) is 5.01 Å². The molecule has 7 heteroatoms. The van der Waals surface area contributed by atoms with Gasteiger partial charge in [-0.3, -0.25) is 5.43 Å². The fourth-order valence-electron chi connectivity index (χ4n) is 1.65. The smallest absolute Gasteiger partial charge is 0.0256 e. The molecule has 0 aliphatic carbocycles. The highest BCUT2D eigenvalue weighted by atomic mass is 15.5. The SMILES string of the molecule is NCCCNCCN(CCCN)NCCNCCN. The van der Waals surface area contributed by atoms with Gasteiger partial charge in [-0.05, 0) is 32.5 Å². The van der Waals surface area contributed by atoms with E-state index in [0.29, 0.717) is 6.54 Å². The predicted molar refractivity (Wildman–Crippen MR) is 81.7 cm³/mol. The van der Waals surface area contributed by atoms with Crippen molar-refractivity contribution in [2.45, 2.75) is 12.8 Å². The van der Waals surface area contributed by atoms with Crippen molar-refractivity contribution in [1.29, 1.82) is 0 Å². The summed E-state index contributed by atoms with van der Waals surface area (Å²) in [6.45, 7) is 8.76. The molecule has 19 heavy (non-hydrogen) atoms. The van der Waals surface area contributed by atoms with Gasteiger partial charge in [0, 0.05) is 45.8 Å². The molecule has 0 rings (SSSR count). The summed E-state index contributed by atoms with van der Waals surface area (Å²) in [5.41, 5.74) is 19.8. The standard InChI is InChI=1S/C12H33N7/c13-3-1-6-16-10-12-19(11-2-4-14)18-9-8-17-7-5-15/h16-18H,1-15H2. The van der Waals surface area contributed by atoms with E-state index >= 15 is 0 Å². The molecule has 0 heterocycles. The number of nitrogens with one attached hydrogen (secondary N) is 3. The summed E-state index contributed by atoms with van der Waals surface area (Å²) in [5.74, 6) is 0. The summed E-state index contributed by atoms with van der Waals surface area (Å²) < 4.78 is 0. The lowest BCUT2D eigenvalue weighted by molar-refractivity contribution is 0.187. The third-order valence-corrected chi connectivity index (χ3v) is 2.71. The van der Waals surface area contributed by atoms with Gasteiger partial charge in [0.2, 0.25) is 0 Å². The second-order valence-corrected chi connectivity index (χ2v) is 4.47. The molecule has 9 N–H and O–H groups in total. The van der Waals surface area contributed by atoms with Crippen molar-refractivity contribution in [1.82, 2.24) is 21.1 Å². The molecule has 0 saturated heterocycles. The van der Waals surface area contributed by atoms with Crippen LogP contribution >= 0.6 is 0 Å². The maximum atomic E-state index is 5.56. The first-order valence-electron chi connectivity index (χ1n) is 7.35. The number of hydrogen-bond donors (Lipinski definition) is 6. The predicted octanol–water partition coefficient (Wildman–Crippen LogP) is -2.37.